The van der Waals surface area contributed by atoms with Crippen molar-refractivity contribution >= 4 is 17.5 Å². The zero-order valence-electron chi connectivity index (χ0n) is 15.8. The van der Waals surface area contributed by atoms with Crippen molar-refractivity contribution in [3.63, 3.8) is 0 Å². The Kier molecular flexibility index (Phi) is 4.74. The van der Waals surface area contributed by atoms with E-state index in [4.69, 9.17) is 5.26 Å². The van der Waals surface area contributed by atoms with E-state index in [1.165, 1.54) is 0 Å². The molecule has 0 radical (unpaired) electrons. The van der Waals surface area contributed by atoms with Crippen LogP contribution in [0.2, 0.25) is 0 Å². The van der Waals surface area contributed by atoms with E-state index in [1.807, 2.05) is 42.5 Å². The second kappa shape index (κ2) is 7.35. The predicted octanol–water partition coefficient (Wildman–Crippen LogP) is 2.41. The van der Waals surface area contributed by atoms with Crippen LogP contribution >= 0.6 is 0 Å². The highest BCUT2D eigenvalue weighted by atomic mass is 16.2. The lowest BCUT2D eigenvalue weighted by molar-refractivity contribution is -0.121. The smallest absolute Gasteiger partial charge is 0.251 e. The van der Waals surface area contributed by atoms with Gasteiger partial charge in [0.05, 0.1) is 5.92 Å². The van der Waals surface area contributed by atoms with E-state index >= 15 is 0 Å². The number of amides is 2. The van der Waals surface area contributed by atoms with Crippen molar-refractivity contribution in [2.24, 2.45) is 5.92 Å². The molecule has 2 aromatic rings. The number of nitrogens with zero attached hydrogens (tertiary/aromatic N) is 3. The van der Waals surface area contributed by atoms with Crippen LogP contribution < -0.4 is 10.2 Å². The van der Waals surface area contributed by atoms with Crippen molar-refractivity contribution in [3.8, 4) is 17.3 Å². The van der Waals surface area contributed by atoms with Crippen LogP contribution in [0.1, 0.15) is 22.3 Å². The quantitative estimate of drug-likeness (QED) is 0.837. The Balaban J connectivity index is 1.75. The van der Waals surface area contributed by atoms with E-state index < -0.39 is 0 Å². The van der Waals surface area contributed by atoms with Gasteiger partial charge in [-0.25, -0.2) is 0 Å². The van der Waals surface area contributed by atoms with Crippen LogP contribution in [0.3, 0.4) is 0 Å². The van der Waals surface area contributed by atoms with Gasteiger partial charge >= 0.3 is 0 Å². The van der Waals surface area contributed by atoms with Crippen molar-refractivity contribution in [1.29, 1.82) is 5.26 Å². The number of benzene rings is 2. The molecule has 1 fully saturated rings. The summed E-state index contributed by atoms with van der Waals surface area (Å²) in [5.41, 5.74) is 4.50. The maximum atomic E-state index is 13.2. The van der Waals surface area contributed by atoms with Crippen molar-refractivity contribution in [2.45, 2.75) is 12.8 Å². The maximum Gasteiger partial charge on any atom is 0.251 e. The highest BCUT2D eigenvalue weighted by Gasteiger charge is 2.35. The Morgan fingerprint density at radius 3 is 2.64 bits per heavy atom. The minimum Gasteiger partial charge on any atom is -0.355 e. The molecule has 28 heavy (non-hydrogen) atoms. The van der Waals surface area contributed by atoms with Gasteiger partial charge in [0.2, 0.25) is 5.91 Å². The zero-order valence-corrected chi connectivity index (χ0v) is 15.8. The molecule has 6 heteroatoms. The highest BCUT2D eigenvalue weighted by molar-refractivity contribution is 6.03. The Morgan fingerprint density at radius 1 is 1.18 bits per heavy atom. The summed E-state index contributed by atoms with van der Waals surface area (Å²) in [4.78, 5) is 29.0. The van der Waals surface area contributed by atoms with Crippen LogP contribution in [0.15, 0.2) is 42.5 Å². The molecule has 1 N–H and O–H groups in total. The van der Waals surface area contributed by atoms with Crippen LogP contribution in [0.25, 0.3) is 11.1 Å². The second-order valence-electron chi connectivity index (χ2n) is 7.24. The zero-order chi connectivity index (χ0) is 19.7. The molecule has 0 bridgehead atoms. The number of nitrogens with one attached hydrogen (secondary N) is 1. The lowest BCUT2D eigenvalue weighted by atomic mass is 9.95. The van der Waals surface area contributed by atoms with E-state index in [2.05, 4.69) is 11.5 Å². The van der Waals surface area contributed by atoms with Gasteiger partial charge in [0.1, 0.15) is 0 Å². The fraction of sp³-hybridized carbons (Fsp3) is 0.318. The normalized spacial score (nSPS) is 17.9. The summed E-state index contributed by atoms with van der Waals surface area (Å²) >= 11 is 0. The Labute approximate surface area is 164 Å². The van der Waals surface area contributed by atoms with Gasteiger partial charge in [-0.15, -0.1) is 0 Å². The van der Waals surface area contributed by atoms with Gasteiger partial charge < -0.3 is 15.1 Å². The largest absolute Gasteiger partial charge is 0.355 e. The third kappa shape index (κ3) is 3.09. The molecule has 0 unspecified atom stereocenters. The monoisotopic (exact) mass is 374 g/mol. The first-order valence-corrected chi connectivity index (χ1v) is 9.53. The molecule has 2 aromatic carbocycles. The van der Waals surface area contributed by atoms with E-state index in [0.29, 0.717) is 31.6 Å². The van der Waals surface area contributed by atoms with Crippen molar-refractivity contribution < 1.29 is 9.59 Å². The lowest BCUT2D eigenvalue weighted by Crippen LogP contribution is -2.36. The highest BCUT2D eigenvalue weighted by Crippen LogP contribution is 2.38. The minimum atomic E-state index is -0.172. The third-order valence-electron chi connectivity index (χ3n) is 5.62. The number of rotatable bonds is 3. The Hall–Kier alpha value is -3.33. The van der Waals surface area contributed by atoms with Crippen LogP contribution in [-0.2, 0) is 11.2 Å². The SMILES string of the molecule is CNC(=O)c1cc(-c2ccccc2)c2c(c1)N(C(=O)[C@@H]1CCN(C#N)C1)CC2. The molecule has 4 rings (SSSR count). The molecule has 2 aliphatic heterocycles. The van der Waals surface area contributed by atoms with Gasteiger partial charge in [-0.05, 0) is 41.7 Å². The third-order valence-corrected chi connectivity index (χ3v) is 5.62. The average Bonchev–Trinajstić information content (AvgIpc) is 3.39. The molecule has 142 valence electrons. The van der Waals surface area contributed by atoms with Gasteiger partial charge in [0, 0.05) is 37.9 Å². The van der Waals surface area contributed by atoms with E-state index in [1.54, 1.807) is 16.8 Å². The number of anilines is 1. The maximum absolute atomic E-state index is 13.2. The standard InChI is InChI=1S/C22H22N4O2/c1-24-21(27)17-11-19(15-5-3-2-4-6-15)18-8-10-26(20(18)12-17)22(28)16-7-9-25(13-16)14-23/h2-6,11-12,16H,7-10,13H2,1H3,(H,24,27)/t16-/m1/s1. The molecule has 2 heterocycles. The van der Waals surface area contributed by atoms with Crippen molar-refractivity contribution in [1.82, 2.24) is 10.2 Å². The Bertz CT molecular complexity index is 964. The first kappa shape index (κ1) is 18.1. The van der Waals surface area contributed by atoms with E-state index in [9.17, 15) is 9.59 Å². The van der Waals surface area contributed by atoms with Crippen LogP contribution in [0.5, 0.6) is 0 Å². The number of hydrogen-bond acceptors (Lipinski definition) is 4. The van der Waals surface area contributed by atoms with Gasteiger partial charge in [0.25, 0.3) is 5.91 Å². The van der Waals surface area contributed by atoms with Gasteiger partial charge in [-0.2, -0.15) is 5.26 Å². The number of hydrogen-bond donors (Lipinski definition) is 1. The molecule has 0 aliphatic carbocycles. The van der Waals surface area contributed by atoms with E-state index in [0.717, 1.165) is 28.8 Å². The summed E-state index contributed by atoms with van der Waals surface area (Å²) in [6.07, 6.45) is 3.58. The lowest BCUT2D eigenvalue weighted by Gasteiger charge is -2.22. The van der Waals surface area contributed by atoms with Gasteiger partial charge in [-0.1, -0.05) is 30.3 Å². The van der Waals surface area contributed by atoms with E-state index in [-0.39, 0.29) is 17.7 Å². The predicted molar refractivity (Wildman–Crippen MR) is 107 cm³/mol. The summed E-state index contributed by atoms with van der Waals surface area (Å²) in [5.74, 6) is -0.296. The summed E-state index contributed by atoms with van der Waals surface area (Å²) < 4.78 is 0. The molecule has 0 aromatic heterocycles. The number of fused-ring (bicyclic) bond motifs is 1. The molecular formula is C22H22N4O2. The molecule has 6 nitrogen and oxygen atoms in total. The van der Waals surface area contributed by atoms with Crippen LogP contribution in [0.4, 0.5) is 5.69 Å². The minimum absolute atomic E-state index is 0.0459. The molecule has 2 amide bonds. The molecule has 1 saturated heterocycles. The van der Waals surface area contributed by atoms with Crippen molar-refractivity contribution in [2.75, 3.05) is 31.6 Å². The first-order chi connectivity index (χ1) is 13.6. The fourth-order valence-electron chi connectivity index (χ4n) is 4.16. The molecular weight excluding hydrogens is 352 g/mol. The van der Waals surface area contributed by atoms with Gasteiger partial charge in [0.15, 0.2) is 6.19 Å². The summed E-state index contributed by atoms with van der Waals surface area (Å²) in [6.45, 7) is 1.71. The topological polar surface area (TPSA) is 76.4 Å². The summed E-state index contributed by atoms with van der Waals surface area (Å²) in [6, 6.07) is 13.7. The second-order valence-corrected chi connectivity index (χ2v) is 7.24. The molecule has 0 spiro atoms. The summed E-state index contributed by atoms with van der Waals surface area (Å²) in [7, 11) is 1.61. The number of likely N-dealkylation sites (tertiary alicyclic amines) is 1. The van der Waals surface area contributed by atoms with Crippen molar-refractivity contribution in [3.05, 3.63) is 53.6 Å². The van der Waals surface area contributed by atoms with Gasteiger partial charge in [-0.3, -0.25) is 9.59 Å². The Morgan fingerprint density at radius 2 is 1.96 bits per heavy atom. The van der Waals surface area contributed by atoms with Crippen LogP contribution in [-0.4, -0.2) is 43.4 Å². The molecule has 1 atom stereocenters. The van der Waals surface area contributed by atoms with Crippen LogP contribution in [0, 0.1) is 17.4 Å². The number of carbonyl (C=O) groups is 2. The fourth-order valence-corrected chi connectivity index (χ4v) is 4.16. The first-order valence-electron chi connectivity index (χ1n) is 9.53. The number of carbonyl (C=O) groups excluding carboxylic acids is 2. The average molecular weight is 374 g/mol. The number of nitriles is 1. The molecule has 0 saturated carbocycles. The molecule has 2 aliphatic rings. The summed E-state index contributed by atoms with van der Waals surface area (Å²) in [5, 5.41) is 11.8.